The normalized spacial score (nSPS) is 22.1. The Kier molecular flexibility index (Phi) is 1.56. The molecular formula is C5H9NO3S. The van der Waals surface area contributed by atoms with E-state index in [1.54, 1.807) is 0 Å². The van der Waals surface area contributed by atoms with Crippen molar-refractivity contribution in [2.45, 2.75) is 24.0 Å². The largest absolute Gasteiger partial charge is 0.303 e. The second kappa shape index (κ2) is 2.03. The van der Waals surface area contributed by atoms with E-state index in [0.29, 0.717) is 19.1 Å². The van der Waals surface area contributed by atoms with E-state index >= 15 is 0 Å². The average molecular weight is 163 g/mol. The van der Waals surface area contributed by atoms with Crippen LogP contribution in [-0.4, -0.2) is 19.5 Å². The molecule has 0 aliphatic heterocycles. The van der Waals surface area contributed by atoms with Gasteiger partial charge in [0.1, 0.15) is 6.29 Å². The third-order valence-electron chi connectivity index (χ3n) is 1.87. The van der Waals surface area contributed by atoms with Gasteiger partial charge in [-0.2, -0.15) is 0 Å². The quantitative estimate of drug-likeness (QED) is 0.564. The Balaban J connectivity index is 2.80. The first-order chi connectivity index (χ1) is 4.52. The van der Waals surface area contributed by atoms with Gasteiger partial charge in [0.2, 0.25) is 10.0 Å². The van der Waals surface area contributed by atoms with E-state index in [0.717, 1.165) is 0 Å². The minimum absolute atomic E-state index is 0.0475. The maximum absolute atomic E-state index is 10.7. The molecule has 0 spiro atoms. The molecule has 1 aliphatic carbocycles. The van der Waals surface area contributed by atoms with Crippen molar-refractivity contribution in [3.8, 4) is 0 Å². The van der Waals surface area contributed by atoms with E-state index < -0.39 is 14.8 Å². The highest BCUT2D eigenvalue weighted by Gasteiger charge is 2.52. The molecule has 0 bridgehead atoms. The highest BCUT2D eigenvalue weighted by Crippen LogP contribution is 2.44. The van der Waals surface area contributed by atoms with Gasteiger partial charge in [-0.3, -0.25) is 0 Å². The van der Waals surface area contributed by atoms with Crippen LogP contribution in [0.3, 0.4) is 0 Å². The predicted octanol–water partition coefficient (Wildman–Crippen LogP) is -0.603. The number of rotatable bonds is 3. The van der Waals surface area contributed by atoms with Crippen molar-refractivity contribution >= 4 is 16.3 Å². The molecule has 4 nitrogen and oxygen atoms in total. The lowest BCUT2D eigenvalue weighted by Gasteiger charge is -2.06. The molecule has 0 unspecified atom stereocenters. The molecule has 1 rings (SSSR count). The molecule has 0 atom stereocenters. The zero-order valence-corrected chi connectivity index (χ0v) is 6.23. The molecule has 10 heavy (non-hydrogen) atoms. The zero-order valence-electron chi connectivity index (χ0n) is 5.41. The molecular weight excluding hydrogens is 154 g/mol. The SMILES string of the molecule is NS(=O)(=O)C1(CC=O)CC1. The first kappa shape index (κ1) is 7.68. The number of hydrogen-bond donors (Lipinski definition) is 1. The van der Waals surface area contributed by atoms with Gasteiger partial charge >= 0.3 is 0 Å². The topological polar surface area (TPSA) is 77.2 Å². The maximum atomic E-state index is 10.7. The van der Waals surface area contributed by atoms with Crippen LogP contribution >= 0.6 is 0 Å². The van der Waals surface area contributed by atoms with Gasteiger partial charge in [0.15, 0.2) is 0 Å². The van der Waals surface area contributed by atoms with Crippen molar-refractivity contribution in [2.24, 2.45) is 5.14 Å². The van der Waals surface area contributed by atoms with Gasteiger partial charge in [-0.15, -0.1) is 0 Å². The van der Waals surface area contributed by atoms with Gasteiger partial charge in [-0.25, -0.2) is 13.6 Å². The summed E-state index contributed by atoms with van der Waals surface area (Å²) in [7, 11) is -3.48. The van der Waals surface area contributed by atoms with Gasteiger partial charge < -0.3 is 4.79 Å². The van der Waals surface area contributed by atoms with Crippen molar-refractivity contribution in [3.05, 3.63) is 0 Å². The number of primary sulfonamides is 1. The summed E-state index contributed by atoms with van der Waals surface area (Å²) in [5.74, 6) is 0. The molecule has 1 saturated carbocycles. The van der Waals surface area contributed by atoms with Crippen molar-refractivity contribution in [3.63, 3.8) is 0 Å². The van der Waals surface area contributed by atoms with E-state index in [9.17, 15) is 13.2 Å². The smallest absolute Gasteiger partial charge is 0.215 e. The first-order valence-corrected chi connectivity index (χ1v) is 4.52. The maximum Gasteiger partial charge on any atom is 0.215 e. The van der Waals surface area contributed by atoms with Crippen LogP contribution in [0, 0.1) is 0 Å². The van der Waals surface area contributed by atoms with E-state index in [-0.39, 0.29) is 6.42 Å². The lowest BCUT2D eigenvalue weighted by Crippen LogP contribution is -2.30. The summed E-state index contributed by atoms with van der Waals surface area (Å²) in [5, 5.41) is 4.88. The number of aldehydes is 1. The van der Waals surface area contributed by atoms with Crippen LogP contribution in [0.1, 0.15) is 19.3 Å². The van der Waals surface area contributed by atoms with E-state index in [1.165, 1.54) is 0 Å². The lowest BCUT2D eigenvalue weighted by molar-refractivity contribution is -0.107. The molecule has 1 fully saturated rings. The fourth-order valence-corrected chi connectivity index (χ4v) is 1.87. The number of sulfonamides is 1. The fraction of sp³-hybridized carbons (Fsp3) is 0.800. The van der Waals surface area contributed by atoms with Crippen molar-refractivity contribution in [1.29, 1.82) is 0 Å². The zero-order chi connectivity index (χ0) is 7.83. The minimum Gasteiger partial charge on any atom is -0.303 e. The highest BCUT2D eigenvalue weighted by atomic mass is 32.2. The van der Waals surface area contributed by atoms with Gasteiger partial charge in [0.25, 0.3) is 0 Å². The third kappa shape index (κ3) is 1.06. The van der Waals surface area contributed by atoms with E-state index in [4.69, 9.17) is 5.14 Å². The second-order valence-corrected chi connectivity index (χ2v) is 4.55. The Hall–Kier alpha value is -0.420. The molecule has 0 radical (unpaired) electrons. The summed E-state index contributed by atoms with van der Waals surface area (Å²) in [4.78, 5) is 9.99. The van der Waals surface area contributed by atoms with E-state index in [1.807, 2.05) is 0 Å². The molecule has 5 heteroatoms. The Morgan fingerprint density at radius 1 is 1.50 bits per heavy atom. The fourth-order valence-electron chi connectivity index (χ4n) is 0.896. The Bertz CT molecular complexity index is 240. The second-order valence-electron chi connectivity index (χ2n) is 2.60. The third-order valence-corrected chi connectivity index (χ3v) is 3.65. The van der Waals surface area contributed by atoms with Crippen molar-refractivity contribution in [1.82, 2.24) is 0 Å². The molecule has 0 aromatic rings. The summed E-state index contributed by atoms with van der Waals surface area (Å²) >= 11 is 0. The summed E-state index contributed by atoms with van der Waals surface area (Å²) in [6.45, 7) is 0. The average Bonchev–Trinajstić information content (AvgIpc) is 2.45. The molecule has 0 heterocycles. The molecule has 0 aromatic heterocycles. The molecule has 0 amide bonds. The van der Waals surface area contributed by atoms with Crippen LogP contribution in [0.15, 0.2) is 0 Å². The Morgan fingerprint density at radius 2 is 2.00 bits per heavy atom. The van der Waals surface area contributed by atoms with Crippen LogP contribution in [0.2, 0.25) is 0 Å². The van der Waals surface area contributed by atoms with Gasteiger partial charge in [0.05, 0.1) is 4.75 Å². The van der Waals surface area contributed by atoms with Crippen molar-refractivity contribution < 1.29 is 13.2 Å². The predicted molar refractivity (Wildman–Crippen MR) is 35.8 cm³/mol. The molecule has 58 valence electrons. The van der Waals surface area contributed by atoms with E-state index in [2.05, 4.69) is 0 Å². The standard InChI is InChI=1S/C5H9NO3S/c6-10(8,9)5(1-2-5)3-4-7/h4H,1-3H2,(H2,6,8,9). The van der Waals surface area contributed by atoms with Crippen LogP contribution in [-0.2, 0) is 14.8 Å². The number of nitrogens with two attached hydrogens (primary N) is 1. The summed E-state index contributed by atoms with van der Waals surface area (Å²) in [6.07, 6.45) is 1.72. The molecule has 0 saturated heterocycles. The first-order valence-electron chi connectivity index (χ1n) is 2.98. The monoisotopic (exact) mass is 163 g/mol. The van der Waals surface area contributed by atoms with Crippen LogP contribution in [0.25, 0.3) is 0 Å². The summed E-state index contributed by atoms with van der Waals surface area (Å²) in [6, 6.07) is 0. The van der Waals surface area contributed by atoms with Gasteiger partial charge in [0, 0.05) is 6.42 Å². The Labute approximate surface area is 59.5 Å². The number of hydrogen-bond acceptors (Lipinski definition) is 3. The molecule has 1 aliphatic rings. The summed E-state index contributed by atoms with van der Waals surface area (Å²) in [5.41, 5.74) is 0. The van der Waals surface area contributed by atoms with Crippen LogP contribution in [0.4, 0.5) is 0 Å². The minimum atomic E-state index is -3.48. The lowest BCUT2D eigenvalue weighted by atomic mass is 10.3. The highest BCUT2D eigenvalue weighted by molar-refractivity contribution is 7.90. The Morgan fingerprint density at radius 3 is 2.10 bits per heavy atom. The number of carbonyl (C=O) groups excluding carboxylic acids is 1. The summed E-state index contributed by atoms with van der Waals surface area (Å²) < 4.78 is 20.6. The number of carbonyl (C=O) groups is 1. The van der Waals surface area contributed by atoms with Crippen LogP contribution in [0.5, 0.6) is 0 Å². The molecule has 2 N–H and O–H groups in total. The van der Waals surface area contributed by atoms with Crippen LogP contribution < -0.4 is 5.14 Å². The van der Waals surface area contributed by atoms with Gasteiger partial charge in [-0.05, 0) is 12.8 Å². The van der Waals surface area contributed by atoms with Gasteiger partial charge in [-0.1, -0.05) is 0 Å². The van der Waals surface area contributed by atoms with Crippen molar-refractivity contribution in [2.75, 3.05) is 0 Å². The molecule has 0 aromatic carbocycles.